The van der Waals surface area contributed by atoms with E-state index in [1.807, 2.05) is 0 Å². The molecule has 0 aromatic carbocycles. The summed E-state index contributed by atoms with van der Waals surface area (Å²) in [6.45, 7) is 3.51. The van der Waals surface area contributed by atoms with Gasteiger partial charge in [0.1, 0.15) is 29.9 Å². The maximum atomic E-state index is 11.4. The van der Waals surface area contributed by atoms with Gasteiger partial charge in [-0.05, 0) is 0 Å². The topological polar surface area (TPSA) is 346 Å². The zero-order chi connectivity index (χ0) is 31.9. The minimum atomic E-state index is -4.78. The van der Waals surface area contributed by atoms with Gasteiger partial charge in [0, 0.05) is 39.1 Å². The number of rotatable bonds is 11. The normalized spacial score (nSPS) is 22.1. The molecule has 0 amide bonds. The fourth-order valence-corrected chi connectivity index (χ4v) is 16.9. The largest absolute Gasteiger partial charge is 0.344 e. The molecule has 0 aliphatic heterocycles. The second-order valence-corrected chi connectivity index (χ2v) is 27.7. The molecule has 0 aliphatic rings. The minimum absolute atomic E-state index is 0. The second-order valence-electron chi connectivity index (χ2n) is 8.40. The van der Waals surface area contributed by atoms with Gasteiger partial charge in [-0.25, -0.2) is 9.29 Å². The van der Waals surface area contributed by atoms with E-state index in [0.29, 0.717) is 0 Å². The van der Waals surface area contributed by atoms with Gasteiger partial charge in [0.2, 0.25) is 29.5 Å². The van der Waals surface area contributed by atoms with Crippen LogP contribution in [0.1, 0.15) is 7.43 Å². The molecule has 242 valence electrons. The molecule has 0 saturated carbocycles. The van der Waals surface area contributed by atoms with Crippen molar-refractivity contribution in [3.63, 3.8) is 0 Å². The molecule has 1 heterocycles. The summed E-state index contributed by atoms with van der Waals surface area (Å²) in [6, 6.07) is 0. The van der Waals surface area contributed by atoms with Crippen LogP contribution in [0.15, 0.2) is 18.7 Å². The first-order valence-electron chi connectivity index (χ1n) is 9.51. The molecule has 7 atom stereocenters. The van der Waals surface area contributed by atoms with E-state index in [-0.39, 0.29) is 7.43 Å². The zero-order valence-corrected chi connectivity index (χ0v) is 27.9. The van der Waals surface area contributed by atoms with Gasteiger partial charge in [-0.1, -0.05) is 7.43 Å². The number of imidazole rings is 1. The number of hydrogen-bond acceptors (Lipinski definition) is 10. The van der Waals surface area contributed by atoms with Gasteiger partial charge < -0.3 is 44.0 Å². The SMILES string of the molecule is C.CP(=O)(O)CP(=O)(O)O.CP(=O)(O)CP(=O)(O)OP(=O)(O)CP(C)(=O)O.CP(=O)(O)CP(=O)(O)n1ccnc1. The number of aromatic nitrogens is 2. The minimum Gasteiger partial charge on any atom is -0.344 e. The highest BCUT2D eigenvalue weighted by molar-refractivity contribution is 7.79. The van der Waals surface area contributed by atoms with Crippen LogP contribution < -0.4 is 0 Å². The smallest absolute Gasteiger partial charge is 0.344 e. The Bertz CT molecular complexity index is 1250. The fourth-order valence-electron chi connectivity index (χ4n) is 2.11. The molecule has 0 radical (unpaired) electrons. The van der Waals surface area contributed by atoms with Crippen LogP contribution >= 0.6 is 59.8 Å². The first-order valence-corrected chi connectivity index (χ1v) is 25.8. The Morgan fingerprint density at radius 2 is 0.925 bits per heavy atom. The maximum Gasteiger partial charge on any atom is 0.344 e. The first kappa shape index (κ1) is 45.1. The van der Waals surface area contributed by atoms with Crippen LogP contribution in [0.4, 0.5) is 0 Å². The molecule has 28 heteroatoms. The van der Waals surface area contributed by atoms with Gasteiger partial charge in [-0.2, -0.15) is 0 Å². The molecule has 1 aromatic rings. The Kier molecular flexibility index (Phi) is 18.1. The molecule has 40 heavy (non-hydrogen) atoms. The predicted molar refractivity (Wildman–Crippen MR) is 149 cm³/mol. The van der Waals surface area contributed by atoms with Crippen molar-refractivity contribution in [3.8, 4) is 0 Å². The summed E-state index contributed by atoms with van der Waals surface area (Å²) in [5.41, 5.74) is 0. The summed E-state index contributed by atoms with van der Waals surface area (Å²) in [5, 5.41) is 0. The van der Waals surface area contributed by atoms with Crippen molar-refractivity contribution in [1.82, 2.24) is 9.32 Å². The third kappa shape index (κ3) is 28.8. The lowest BCUT2D eigenvalue weighted by Crippen LogP contribution is -1.98. The third-order valence-corrected chi connectivity index (χ3v) is 20.1. The zero-order valence-electron chi connectivity index (χ0n) is 20.7. The van der Waals surface area contributed by atoms with E-state index in [1.165, 1.54) is 12.4 Å². The van der Waals surface area contributed by atoms with Crippen molar-refractivity contribution in [1.29, 1.82) is 0 Å². The van der Waals surface area contributed by atoms with Crippen LogP contribution in [0.5, 0.6) is 0 Å². The van der Waals surface area contributed by atoms with E-state index in [1.54, 1.807) is 0 Å². The van der Waals surface area contributed by atoms with Crippen molar-refractivity contribution in [2.75, 3.05) is 50.3 Å². The molecule has 7 unspecified atom stereocenters. The van der Waals surface area contributed by atoms with Crippen LogP contribution in [0.3, 0.4) is 0 Å². The summed E-state index contributed by atoms with van der Waals surface area (Å²) >= 11 is 0. The summed E-state index contributed by atoms with van der Waals surface area (Å²) < 4.78 is 91.7. The van der Waals surface area contributed by atoms with Gasteiger partial charge in [0.15, 0.2) is 0 Å². The average molecular weight is 744 g/mol. The third-order valence-electron chi connectivity index (χ3n) is 2.88. The molecule has 1 aromatic heterocycles. The maximum absolute atomic E-state index is 11.4. The lowest BCUT2D eigenvalue weighted by Gasteiger charge is -2.18. The molecule has 9 N–H and O–H groups in total. The summed E-state index contributed by atoms with van der Waals surface area (Å²) in [7, 11) is -32.5. The van der Waals surface area contributed by atoms with E-state index in [4.69, 9.17) is 39.1 Å². The Balaban J connectivity index is -0.000000531. The van der Waals surface area contributed by atoms with E-state index in [0.717, 1.165) is 37.3 Å². The van der Waals surface area contributed by atoms with Gasteiger partial charge in [0.05, 0.1) is 0 Å². The van der Waals surface area contributed by atoms with E-state index in [9.17, 15) is 41.4 Å². The van der Waals surface area contributed by atoms with Crippen LogP contribution in [-0.4, -0.2) is 104 Å². The van der Waals surface area contributed by atoms with Crippen LogP contribution in [0.25, 0.3) is 0 Å². The molecule has 0 fully saturated rings. The first-order chi connectivity index (χ1) is 16.6. The highest BCUT2D eigenvalue weighted by Gasteiger charge is 2.39. The summed E-state index contributed by atoms with van der Waals surface area (Å²) in [5.74, 6) is -3.97. The Morgan fingerprint density at radius 3 is 1.12 bits per heavy atom. The highest BCUT2D eigenvalue weighted by atomic mass is 31.3. The fraction of sp³-hybridized carbons (Fsp3) is 0.750. The number of hydrogen-bond donors (Lipinski definition) is 9. The molecule has 0 saturated heterocycles. The van der Waals surface area contributed by atoms with Gasteiger partial charge >= 0.3 is 30.3 Å². The molecule has 0 spiro atoms. The monoisotopic (exact) mass is 744 g/mol. The Labute approximate surface area is 230 Å². The lowest BCUT2D eigenvalue weighted by atomic mass is 11.0. The predicted octanol–water partition coefficient (Wildman–Crippen LogP) is 2.52. The number of nitrogens with zero attached hydrogens (tertiary/aromatic N) is 2. The average Bonchev–Trinajstić information content (AvgIpc) is 2.97. The van der Waals surface area contributed by atoms with Crippen molar-refractivity contribution in [2.24, 2.45) is 0 Å². The summed E-state index contributed by atoms with van der Waals surface area (Å²) in [4.78, 5) is 82.4. The highest BCUT2D eigenvalue weighted by Crippen LogP contribution is 2.68. The van der Waals surface area contributed by atoms with Gasteiger partial charge in [-0.15, -0.1) is 0 Å². The molecular weight excluding hydrogens is 708 g/mol. The molecule has 20 nitrogen and oxygen atoms in total. The Morgan fingerprint density at radius 1 is 0.600 bits per heavy atom. The van der Waals surface area contributed by atoms with Crippen molar-refractivity contribution >= 4 is 59.8 Å². The second kappa shape index (κ2) is 16.1. The molecule has 0 bridgehead atoms. The Hall–Kier alpha value is 0.650. The van der Waals surface area contributed by atoms with Gasteiger partial charge in [-0.3, -0.25) is 40.9 Å². The van der Waals surface area contributed by atoms with E-state index < -0.39 is 83.4 Å². The van der Waals surface area contributed by atoms with Crippen molar-refractivity contribution < 1.29 is 84.9 Å². The quantitative estimate of drug-likeness (QED) is 0.147. The molecular formula is C12H36N2O18P8. The lowest BCUT2D eigenvalue weighted by molar-refractivity contribution is 0.336. The van der Waals surface area contributed by atoms with Crippen molar-refractivity contribution in [3.05, 3.63) is 18.7 Å². The van der Waals surface area contributed by atoms with E-state index in [2.05, 4.69) is 9.29 Å². The van der Waals surface area contributed by atoms with Crippen LogP contribution in [-0.2, 0) is 40.8 Å². The summed E-state index contributed by atoms with van der Waals surface area (Å²) in [6.07, 6.45) is 3.77. The van der Waals surface area contributed by atoms with Gasteiger partial charge in [0.25, 0.3) is 0 Å². The van der Waals surface area contributed by atoms with Crippen LogP contribution in [0, 0.1) is 0 Å². The molecule has 0 aliphatic carbocycles. The molecule has 1 rings (SSSR count). The van der Waals surface area contributed by atoms with E-state index >= 15 is 0 Å². The standard InChI is InChI=1S/C5H10N2O4P2.C4H14O9P4.C2H8O5P2.CH4/c1-12(8,9)5-13(10,11)7-3-2-6-4-7;1-14(5,6)3-16(9,10)13-17(11,12)4-15(2,7)8;1-8(3,4)2-9(5,6)7;/h2-4H,5H2,1H3,(H,8,9)(H,10,11);3-4H2,1-2H3,(H,5,6)(H,7,8)(H,9,10)(H,11,12);2H2,1H3,(H,3,4)(H2,5,6,7);1H4. The van der Waals surface area contributed by atoms with Crippen molar-refractivity contribution in [2.45, 2.75) is 7.43 Å². The van der Waals surface area contributed by atoms with Crippen LogP contribution in [0.2, 0.25) is 0 Å².